The van der Waals surface area contributed by atoms with Crippen molar-refractivity contribution in [3.05, 3.63) is 52.3 Å². The zero-order valence-electron chi connectivity index (χ0n) is 12.9. The standard InChI is InChI=1S/C17H23BrN2O/c1-4-9-19-13(2)17-6-5-10-20(17)12-14-11-15(21-3)7-8-16(14)18/h5-8,10-11,13,19H,4,9,12H2,1-3H3. The molecule has 0 saturated carbocycles. The van der Waals surface area contributed by atoms with Crippen LogP contribution in [-0.2, 0) is 6.54 Å². The first kappa shape index (κ1) is 16.1. The van der Waals surface area contributed by atoms with Crippen molar-refractivity contribution in [1.82, 2.24) is 9.88 Å². The lowest BCUT2D eigenvalue weighted by molar-refractivity contribution is 0.414. The van der Waals surface area contributed by atoms with Crippen LogP contribution in [0.15, 0.2) is 41.0 Å². The number of hydrogen-bond acceptors (Lipinski definition) is 2. The lowest BCUT2D eigenvalue weighted by Crippen LogP contribution is -2.22. The number of hydrogen-bond donors (Lipinski definition) is 1. The van der Waals surface area contributed by atoms with Gasteiger partial charge >= 0.3 is 0 Å². The molecule has 21 heavy (non-hydrogen) atoms. The third-order valence-electron chi connectivity index (χ3n) is 3.60. The third-order valence-corrected chi connectivity index (χ3v) is 4.38. The highest BCUT2D eigenvalue weighted by Gasteiger charge is 2.11. The summed E-state index contributed by atoms with van der Waals surface area (Å²) < 4.78 is 8.71. The molecule has 4 heteroatoms. The number of aromatic nitrogens is 1. The Morgan fingerprint density at radius 2 is 2.14 bits per heavy atom. The summed E-state index contributed by atoms with van der Waals surface area (Å²) in [4.78, 5) is 0. The summed E-state index contributed by atoms with van der Waals surface area (Å²) in [6.45, 7) is 6.27. The fraction of sp³-hybridized carbons (Fsp3) is 0.412. The highest BCUT2D eigenvalue weighted by atomic mass is 79.9. The molecule has 1 atom stereocenters. The van der Waals surface area contributed by atoms with Crippen molar-refractivity contribution in [2.45, 2.75) is 32.9 Å². The summed E-state index contributed by atoms with van der Waals surface area (Å²) in [5.41, 5.74) is 2.52. The van der Waals surface area contributed by atoms with Crippen molar-refractivity contribution in [2.75, 3.05) is 13.7 Å². The summed E-state index contributed by atoms with van der Waals surface area (Å²) in [5, 5.41) is 3.54. The fourth-order valence-electron chi connectivity index (χ4n) is 2.41. The number of ether oxygens (including phenoxy) is 1. The van der Waals surface area contributed by atoms with E-state index < -0.39 is 0 Å². The van der Waals surface area contributed by atoms with Gasteiger partial charge in [0.2, 0.25) is 0 Å². The fourth-order valence-corrected chi connectivity index (χ4v) is 2.78. The summed E-state index contributed by atoms with van der Waals surface area (Å²) in [6, 6.07) is 10.7. The van der Waals surface area contributed by atoms with Gasteiger partial charge in [0, 0.05) is 29.0 Å². The van der Waals surface area contributed by atoms with Gasteiger partial charge in [0.15, 0.2) is 0 Å². The van der Waals surface area contributed by atoms with Gasteiger partial charge in [0.05, 0.1) is 7.11 Å². The molecule has 2 aromatic rings. The second-order valence-electron chi connectivity index (χ2n) is 5.19. The van der Waals surface area contributed by atoms with E-state index in [2.05, 4.69) is 64.1 Å². The average molecular weight is 351 g/mol. The van der Waals surface area contributed by atoms with Crippen LogP contribution in [0.4, 0.5) is 0 Å². The second-order valence-corrected chi connectivity index (χ2v) is 6.05. The van der Waals surface area contributed by atoms with Crippen LogP contribution in [0.5, 0.6) is 5.75 Å². The Bertz CT molecular complexity index is 580. The van der Waals surface area contributed by atoms with E-state index in [0.717, 1.165) is 29.7 Å². The van der Waals surface area contributed by atoms with Crippen molar-refractivity contribution in [3.63, 3.8) is 0 Å². The van der Waals surface area contributed by atoms with Gasteiger partial charge in [-0.1, -0.05) is 22.9 Å². The van der Waals surface area contributed by atoms with Gasteiger partial charge in [-0.05, 0) is 55.8 Å². The number of nitrogens with zero attached hydrogens (tertiary/aromatic N) is 1. The first-order valence-corrected chi connectivity index (χ1v) is 8.15. The van der Waals surface area contributed by atoms with Crippen LogP contribution < -0.4 is 10.1 Å². The molecule has 0 bridgehead atoms. The van der Waals surface area contributed by atoms with Crippen LogP contribution in [-0.4, -0.2) is 18.2 Å². The molecule has 0 aliphatic carbocycles. The average Bonchev–Trinajstić information content (AvgIpc) is 2.95. The van der Waals surface area contributed by atoms with Gasteiger partial charge < -0.3 is 14.6 Å². The minimum Gasteiger partial charge on any atom is -0.497 e. The van der Waals surface area contributed by atoms with E-state index in [0.29, 0.717) is 6.04 Å². The van der Waals surface area contributed by atoms with Crippen LogP contribution >= 0.6 is 15.9 Å². The largest absolute Gasteiger partial charge is 0.497 e. The minimum absolute atomic E-state index is 0.351. The highest BCUT2D eigenvalue weighted by Crippen LogP contribution is 2.25. The maximum Gasteiger partial charge on any atom is 0.119 e. The Kier molecular flexibility index (Phi) is 5.88. The SMILES string of the molecule is CCCNC(C)c1cccn1Cc1cc(OC)ccc1Br. The maximum atomic E-state index is 5.32. The van der Waals surface area contributed by atoms with E-state index in [1.165, 1.54) is 11.3 Å². The molecule has 0 radical (unpaired) electrons. The molecule has 0 amide bonds. The molecule has 0 spiro atoms. The van der Waals surface area contributed by atoms with Crippen LogP contribution in [0.1, 0.15) is 37.6 Å². The smallest absolute Gasteiger partial charge is 0.119 e. The molecule has 1 N–H and O–H groups in total. The van der Waals surface area contributed by atoms with Crippen molar-refractivity contribution in [2.24, 2.45) is 0 Å². The van der Waals surface area contributed by atoms with Crippen LogP contribution in [0.3, 0.4) is 0 Å². The molecule has 2 rings (SSSR count). The van der Waals surface area contributed by atoms with E-state index in [9.17, 15) is 0 Å². The number of methoxy groups -OCH3 is 1. The number of nitrogens with one attached hydrogen (secondary N) is 1. The molecule has 1 heterocycles. The zero-order valence-corrected chi connectivity index (χ0v) is 14.5. The normalized spacial score (nSPS) is 12.4. The predicted molar refractivity (Wildman–Crippen MR) is 90.9 cm³/mol. The first-order valence-electron chi connectivity index (χ1n) is 7.36. The van der Waals surface area contributed by atoms with Gasteiger partial charge in [-0.25, -0.2) is 0 Å². The lowest BCUT2D eigenvalue weighted by Gasteiger charge is -2.18. The van der Waals surface area contributed by atoms with Gasteiger partial charge in [0.25, 0.3) is 0 Å². The van der Waals surface area contributed by atoms with Crippen molar-refractivity contribution in [3.8, 4) is 5.75 Å². The molecular formula is C17H23BrN2O. The topological polar surface area (TPSA) is 26.2 Å². The molecule has 0 aliphatic heterocycles. The van der Waals surface area contributed by atoms with E-state index in [-0.39, 0.29) is 0 Å². The Balaban J connectivity index is 2.19. The van der Waals surface area contributed by atoms with Crippen molar-refractivity contribution < 1.29 is 4.74 Å². The lowest BCUT2D eigenvalue weighted by atomic mass is 10.2. The summed E-state index contributed by atoms with van der Waals surface area (Å²) in [6.07, 6.45) is 3.28. The molecule has 114 valence electrons. The van der Waals surface area contributed by atoms with Gasteiger partial charge in [-0.3, -0.25) is 0 Å². The van der Waals surface area contributed by atoms with Crippen LogP contribution in [0, 0.1) is 0 Å². The second kappa shape index (κ2) is 7.66. The molecule has 0 aliphatic rings. The Morgan fingerprint density at radius 1 is 1.33 bits per heavy atom. The minimum atomic E-state index is 0.351. The Morgan fingerprint density at radius 3 is 2.86 bits per heavy atom. The number of benzene rings is 1. The first-order chi connectivity index (χ1) is 10.2. The van der Waals surface area contributed by atoms with E-state index >= 15 is 0 Å². The van der Waals surface area contributed by atoms with Crippen LogP contribution in [0.25, 0.3) is 0 Å². The van der Waals surface area contributed by atoms with Crippen LogP contribution in [0.2, 0.25) is 0 Å². The maximum absolute atomic E-state index is 5.32. The zero-order chi connectivity index (χ0) is 15.2. The number of rotatable bonds is 7. The molecule has 1 aromatic heterocycles. The summed E-state index contributed by atoms with van der Waals surface area (Å²) in [7, 11) is 1.70. The van der Waals surface area contributed by atoms with Crippen molar-refractivity contribution >= 4 is 15.9 Å². The summed E-state index contributed by atoms with van der Waals surface area (Å²) in [5.74, 6) is 0.888. The van der Waals surface area contributed by atoms with Gasteiger partial charge in [-0.15, -0.1) is 0 Å². The summed E-state index contributed by atoms with van der Waals surface area (Å²) >= 11 is 3.62. The molecule has 3 nitrogen and oxygen atoms in total. The third kappa shape index (κ3) is 4.11. The Labute approximate surface area is 135 Å². The molecular weight excluding hydrogens is 328 g/mol. The molecule has 0 saturated heterocycles. The number of halogens is 1. The van der Waals surface area contributed by atoms with E-state index in [1.807, 2.05) is 12.1 Å². The quantitative estimate of drug-likeness (QED) is 0.802. The molecule has 0 fully saturated rings. The Hall–Kier alpha value is -1.26. The van der Waals surface area contributed by atoms with E-state index in [1.54, 1.807) is 7.11 Å². The van der Waals surface area contributed by atoms with E-state index in [4.69, 9.17) is 4.74 Å². The van der Waals surface area contributed by atoms with Gasteiger partial charge in [-0.2, -0.15) is 0 Å². The molecule has 1 unspecified atom stereocenters. The predicted octanol–water partition coefficient (Wildman–Crippen LogP) is 4.37. The van der Waals surface area contributed by atoms with Gasteiger partial charge in [0.1, 0.15) is 5.75 Å². The highest BCUT2D eigenvalue weighted by molar-refractivity contribution is 9.10. The molecule has 1 aromatic carbocycles. The van der Waals surface area contributed by atoms with Crippen molar-refractivity contribution in [1.29, 1.82) is 0 Å². The monoisotopic (exact) mass is 350 g/mol.